The molecule has 1 unspecified atom stereocenters. The van der Waals surface area contributed by atoms with Gasteiger partial charge in [0.15, 0.2) is 0 Å². The lowest BCUT2D eigenvalue weighted by Gasteiger charge is -2.37. The summed E-state index contributed by atoms with van der Waals surface area (Å²) in [5, 5.41) is 3.58. The Labute approximate surface area is 298 Å². The van der Waals surface area contributed by atoms with Crippen LogP contribution in [0.15, 0.2) is 119 Å². The lowest BCUT2D eigenvalue weighted by Crippen LogP contribution is -2.42. The molecule has 2 amide bonds. The van der Waals surface area contributed by atoms with Crippen LogP contribution in [0.3, 0.4) is 0 Å². The zero-order chi connectivity index (χ0) is 34.6. The quantitative estimate of drug-likeness (QED) is 0.130. The number of nitrogens with one attached hydrogen (secondary N) is 1. The van der Waals surface area contributed by atoms with Crippen molar-refractivity contribution in [3.63, 3.8) is 0 Å². The molecule has 0 saturated carbocycles. The second kappa shape index (κ2) is 17.0. The largest absolute Gasteiger partial charge is 0.444 e. The van der Waals surface area contributed by atoms with Gasteiger partial charge in [-0.05, 0) is 79.8 Å². The van der Waals surface area contributed by atoms with E-state index in [4.69, 9.17) is 9.47 Å². The smallest absolute Gasteiger partial charge is 0.420 e. The SMILES string of the molecule is CC(C)(C)OC(=O)N(CC#CC1C(CCNCc2ccccc2)=Cc2cc(Br)ccc2N1Cc1ccccc1)C(=O)OCc1ccccc1. The Morgan fingerprint density at radius 2 is 1.49 bits per heavy atom. The predicted molar refractivity (Wildman–Crippen MR) is 199 cm³/mol. The first-order valence-corrected chi connectivity index (χ1v) is 17.2. The number of hydrogen-bond donors (Lipinski definition) is 1. The van der Waals surface area contributed by atoms with Crippen LogP contribution >= 0.6 is 15.9 Å². The number of carbonyl (C=O) groups excluding carboxylic acids is 2. The van der Waals surface area contributed by atoms with E-state index in [-0.39, 0.29) is 19.2 Å². The van der Waals surface area contributed by atoms with Crippen LogP contribution in [0, 0.1) is 11.8 Å². The van der Waals surface area contributed by atoms with Crippen molar-refractivity contribution in [1.82, 2.24) is 10.2 Å². The molecule has 4 aromatic rings. The summed E-state index contributed by atoms with van der Waals surface area (Å²) in [4.78, 5) is 29.8. The molecule has 0 bridgehead atoms. The van der Waals surface area contributed by atoms with Crippen LogP contribution < -0.4 is 10.2 Å². The van der Waals surface area contributed by atoms with Crippen LogP contribution in [0.4, 0.5) is 15.3 Å². The topological polar surface area (TPSA) is 71.1 Å². The van der Waals surface area contributed by atoms with Crippen molar-refractivity contribution in [3.8, 4) is 11.8 Å². The van der Waals surface area contributed by atoms with Crippen LogP contribution in [0.1, 0.15) is 49.4 Å². The highest BCUT2D eigenvalue weighted by molar-refractivity contribution is 9.10. The zero-order valence-corrected chi connectivity index (χ0v) is 29.8. The molecule has 7 nitrogen and oxygen atoms in total. The molecule has 0 aliphatic carbocycles. The number of hydrogen-bond acceptors (Lipinski definition) is 6. The number of carbonyl (C=O) groups is 2. The monoisotopic (exact) mass is 719 g/mol. The van der Waals surface area contributed by atoms with Gasteiger partial charge in [0.25, 0.3) is 0 Å². The van der Waals surface area contributed by atoms with Crippen molar-refractivity contribution in [2.24, 2.45) is 0 Å². The third-order valence-corrected chi connectivity index (χ3v) is 8.27. The molecule has 1 atom stereocenters. The molecule has 1 aliphatic rings. The molecule has 8 heteroatoms. The third-order valence-electron chi connectivity index (χ3n) is 7.78. The first-order chi connectivity index (χ1) is 23.7. The van der Waals surface area contributed by atoms with Gasteiger partial charge in [-0.25, -0.2) is 14.5 Å². The Kier molecular flexibility index (Phi) is 12.3. The fourth-order valence-corrected chi connectivity index (χ4v) is 5.84. The second-order valence-electron chi connectivity index (χ2n) is 12.8. The number of amides is 2. The molecule has 0 radical (unpaired) electrons. The molecule has 4 aromatic carbocycles. The second-order valence-corrected chi connectivity index (χ2v) is 13.7. The summed E-state index contributed by atoms with van der Waals surface area (Å²) in [6, 6.07) is 35.9. The summed E-state index contributed by atoms with van der Waals surface area (Å²) < 4.78 is 12.1. The summed E-state index contributed by atoms with van der Waals surface area (Å²) in [6.07, 6.45) is 1.34. The first-order valence-electron chi connectivity index (χ1n) is 16.4. The summed E-state index contributed by atoms with van der Waals surface area (Å²) in [5.41, 5.74) is 5.65. The predicted octanol–water partition coefficient (Wildman–Crippen LogP) is 8.98. The minimum Gasteiger partial charge on any atom is -0.444 e. The molecule has 0 spiro atoms. The van der Waals surface area contributed by atoms with Crippen molar-refractivity contribution in [1.29, 1.82) is 0 Å². The van der Waals surface area contributed by atoms with E-state index < -0.39 is 17.8 Å². The van der Waals surface area contributed by atoms with E-state index in [2.05, 4.69) is 80.5 Å². The molecule has 0 aromatic heterocycles. The summed E-state index contributed by atoms with van der Waals surface area (Å²) >= 11 is 3.65. The van der Waals surface area contributed by atoms with Crippen LogP contribution in [-0.2, 0) is 29.2 Å². The molecule has 252 valence electrons. The van der Waals surface area contributed by atoms with Crippen LogP contribution in [0.5, 0.6) is 0 Å². The van der Waals surface area contributed by atoms with E-state index in [1.165, 1.54) is 5.56 Å². The Bertz CT molecular complexity index is 1790. The molecular weight excluding hydrogens is 678 g/mol. The number of imide groups is 1. The van der Waals surface area contributed by atoms with Crippen molar-refractivity contribution < 1.29 is 19.1 Å². The maximum absolute atomic E-state index is 13.3. The average Bonchev–Trinajstić information content (AvgIpc) is 3.08. The number of nitrogens with zero attached hydrogens (tertiary/aromatic N) is 2. The molecule has 0 fully saturated rings. The van der Waals surface area contributed by atoms with E-state index in [0.29, 0.717) is 6.54 Å². The minimum absolute atomic E-state index is 0.0229. The van der Waals surface area contributed by atoms with Crippen molar-refractivity contribution in [2.45, 2.75) is 58.5 Å². The van der Waals surface area contributed by atoms with Gasteiger partial charge >= 0.3 is 12.2 Å². The standard InChI is InChI=1S/C41H42BrN3O4/c1-41(2,3)49-40(47)44(39(46)48-30-33-18-11-6-12-19-33)25-13-20-37-34(23-24-43-28-31-14-7-4-8-15-31)26-35-27-36(42)21-22-38(35)45(37)29-32-16-9-5-10-17-32/h4-12,14-19,21-22,26-27,37,43H,23-25,28-30H2,1-3H3. The van der Waals surface area contributed by atoms with Crippen LogP contribution in [0.2, 0.25) is 0 Å². The summed E-state index contributed by atoms with van der Waals surface area (Å²) in [6.45, 7) is 7.23. The third kappa shape index (κ3) is 10.6. The Morgan fingerprint density at radius 3 is 2.14 bits per heavy atom. The number of ether oxygens (including phenoxy) is 2. The van der Waals surface area contributed by atoms with Gasteiger partial charge in [0, 0.05) is 23.2 Å². The normalized spacial score (nSPS) is 13.8. The lowest BCUT2D eigenvalue weighted by atomic mass is 9.92. The number of rotatable bonds is 10. The molecule has 1 aliphatic heterocycles. The Hall–Kier alpha value is -4.84. The highest BCUT2D eigenvalue weighted by Gasteiger charge is 2.30. The van der Waals surface area contributed by atoms with Gasteiger partial charge in [-0.1, -0.05) is 125 Å². The number of anilines is 1. The highest BCUT2D eigenvalue weighted by Crippen LogP contribution is 2.36. The fraction of sp³-hybridized carbons (Fsp3) is 0.268. The van der Waals surface area contributed by atoms with E-state index >= 15 is 0 Å². The van der Waals surface area contributed by atoms with Gasteiger partial charge in [-0.15, -0.1) is 0 Å². The van der Waals surface area contributed by atoms with Gasteiger partial charge in [0.2, 0.25) is 0 Å². The van der Waals surface area contributed by atoms with Gasteiger partial charge < -0.3 is 19.7 Å². The van der Waals surface area contributed by atoms with Gasteiger partial charge in [-0.3, -0.25) is 0 Å². The maximum atomic E-state index is 13.3. The van der Waals surface area contributed by atoms with Gasteiger partial charge in [-0.2, -0.15) is 0 Å². The van der Waals surface area contributed by atoms with E-state index in [9.17, 15) is 9.59 Å². The van der Waals surface area contributed by atoms with E-state index in [1.807, 2.05) is 72.8 Å². The number of halogens is 1. The van der Waals surface area contributed by atoms with Crippen molar-refractivity contribution >= 4 is 39.9 Å². The van der Waals surface area contributed by atoms with Gasteiger partial charge in [0.1, 0.15) is 18.2 Å². The Balaban J connectivity index is 1.43. The van der Waals surface area contributed by atoms with Gasteiger partial charge in [0.05, 0.1) is 6.54 Å². The number of benzene rings is 4. The van der Waals surface area contributed by atoms with Crippen molar-refractivity contribution in [3.05, 3.63) is 141 Å². The molecule has 1 N–H and O–H groups in total. The highest BCUT2D eigenvalue weighted by atomic mass is 79.9. The molecule has 49 heavy (non-hydrogen) atoms. The lowest BCUT2D eigenvalue weighted by molar-refractivity contribution is 0.0235. The molecule has 5 rings (SSSR count). The molecular formula is C41H42BrN3O4. The zero-order valence-electron chi connectivity index (χ0n) is 28.2. The average molecular weight is 721 g/mol. The van der Waals surface area contributed by atoms with Crippen LogP contribution in [0.25, 0.3) is 6.08 Å². The van der Waals surface area contributed by atoms with E-state index in [0.717, 1.165) is 56.8 Å². The molecule has 1 heterocycles. The van der Waals surface area contributed by atoms with E-state index in [1.54, 1.807) is 20.8 Å². The van der Waals surface area contributed by atoms with Crippen molar-refractivity contribution in [2.75, 3.05) is 18.0 Å². The Morgan fingerprint density at radius 1 is 0.857 bits per heavy atom. The maximum Gasteiger partial charge on any atom is 0.420 e. The summed E-state index contributed by atoms with van der Waals surface area (Å²) in [7, 11) is 0. The first kappa shape index (κ1) is 35.5. The number of fused-ring (bicyclic) bond motifs is 1. The molecule has 0 saturated heterocycles. The van der Waals surface area contributed by atoms with Crippen LogP contribution in [-0.4, -0.2) is 41.8 Å². The minimum atomic E-state index is -0.812. The summed E-state index contributed by atoms with van der Waals surface area (Å²) in [5.74, 6) is 6.61. The fourth-order valence-electron chi connectivity index (χ4n) is 5.46.